The van der Waals surface area contributed by atoms with Gasteiger partial charge in [0.05, 0.1) is 23.3 Å². The van der Waals surface area contributed by atoms with Crippen LogP contribution < -0.4 is 25.0 Å². The Morgan fingerprint density at radius 1 is 1.05 bits per heavy atom. The molecule has 3 amide bonds. The lowest BCUT2D eigenvalue weighted by Crippen LogP contribution is -2.65. The highest BCUT2D eigenvalue weighted by molar-refractivity contribution is 5.99. The Balaban J connectivity index is 1.13. The van der Waals surface area contributed by atoms with Crippen LogP contribution in [0.25, 0.3) is 10.9 Å². The van der Waals surface area contributed by atoms with E-state index in [2.05, 4.69) is 15.6 Å². The van der Waals surface area contributed by atoms with Crippen LogP contribution in [0.1, 0.15) is 59.4 Å². The molecule has 3 heterocycles. The zero-order valence-electron chi connectivity index (χ0n) is 24.5. The fraction of sp³-hybridized carbons (Fsp3) is 0.194. The van der Waals surface area contributed by atoms with Crippen molar-refractivity contribution in [3.05, 3.63) is 132 Å². The molecular weight excluding hydrogens is 552 g/mol. The molecule has 0 aliphatic carbocycles. The SMILES string of the molecule is CC(NC(=O)c1cccc(N2C(=O)NC3CC2(C)Oc2c(OCc4ccccc4)cccc23)c1)c1ccc2ncccc2c1. The average molecular weight is 585 g/mol. The Bertz CT molecular complexity index is 1880. The maximum absolute atomic E-state index is 13.6. The second-order valence-corrected chi connectivity index (χ2v) is 11.5. The third-order valence-corrected chi connectivity index (χ3v) is 8.34. The number of fused-ring (bicyclic) bond motifs is 5. The van der Waals surface area contributed by atoms with Crippen molar-refractivity contribution in [1.29, 1.82) is 0 Å². The number of hydrogen-bond donors (Lipinski definition) is 2. The van der Waals surface area contributed by atoms with E-state index < -0.39 is 5.72 Å². The van der Waals surface area contributed by atoms with E-state index in [1.165, 1.54) is 0 Å². The summed E-state index contributed by atoms with van der Waals surface area (Å²) >= 11 is 0. The summed E-state index contributed by atoms with van der Waals surface area (Å²) < 4.78 is 12.8. The smallest absolute Gasteiger partial charge is 0.325 e. The van der Waals surface area contributed by atoms with E-state index in [1.54, 1.807) is 29.3 Å². The summed E-state index contributed by atoms with van der Waals surface area (Å²) in [6.45, 7) is 4.24. The van der Waals surface area contributed by atoms with E-state index in [4.69, 9.17) is 9.47 Å². The Labute approximate surface area is 255 Å². The molecule has 0 spiro atoms. The third kappa shape index (κ3) is 5.08. The fourth-order valence-corrected chi connectivity index (χ4v) is 6.11. The van der Waals surface area contributed by atoms with Gasteiger partial charge >= 0.3 is 6.03 Å². The number of carbonyl (C=O) groups is 2. The van der Waals surface area contributed by atoms with Crippen LogP contribution in [0, 0.1) is 0 Å². The number of para-hydroxylation sites is 1. The van der Waals surface area contributed by atoms with Crippen LogP contribution in [0.15, 0.2) is 109 Å². The summed E-state index contributed by atoms with van der Waals surface area (Å²) in [5.41, 5.74) is 3.80. The minimum Gasteiger partial charge on any atom is -0.485 e. The predicted octanol–water partition coefficient (Wildman–Crippen LogP) is 7.07. The molecule has 2 bridgehead atoms. The van der Waals surface area contributed by atoms with Crippen molar-refractivity contribution >= 4 is 28.5 Å². The summed E-state index contributed by atoms with van der Waals surface area (Å²) in [4.78, 5) is 32.9. The number of nitrogens with zero attached hydrogens (tertiary/aromatic N) is 2. The van der Waals surface area contributed by atoms with Crippen molar-refractivity contribution in [3.63, 3.8) is 0 Å². The molecule has 220 valence electrons. The summed E-state index contributed by atoms with van der Waals surface area (Å²) in [5, 5.41) is 7.25. The van der Waals surface area contributed by atoms with Crippen LogP contribution in [0.2, 0.25) is 0 Å². The van der Waals surface area contributed by atoms with Crippen LogP contribution in [0.5, 0.6) is 11.5 Å². The molecule has 0 saturated carbocycles. The van der Waals surface area contributed by atoms with Crippen molar-refractivity contribution < 1.29 is 19.1 Å². The Morgan fingerprint density at radius 2 is 1.89 bits per heavy atom. The van der Waals surface area contributed by atoms with E-state index in [-0.39, 0.29) is 24.0 Å². The second kappa shape index (κ2) is 11.0. The van der Waals surface area contributed by atoms with E-state index in [0.717, 1.165) is 27.6 Å². The number of nitrogens with one attached hydrogen (secondary N) is 2. The summed E-state index contributed by atoms with van der Waals surface area (Å²) in [6.07, 6.45) is 2.29. The Hall–Kier alpha value is -5.37. The van der Waals surface area contributed by atoms with Gasteiger partial charge < -0.3 is 20.1 Å². The van der Waals surface area contributed by atoms with Crippen molar-refractivity contribution in [2.24, 2.45) is 0 Å². The second-order valence-electron chi connectivity index (χ2n) is 11.5. The zero-order valence-corrected chi connectivity index (χ0v) is 24.5. The molecule has 44 heavy (non-hydrogen) atoms. The number of carbonyl (C=O) groups excluding carboxylic acids is 2. The summed E-state index contributed by atoms with van der Waals surface area (Å²) in [5.74, 6) is 0.989. The van der Waals surface area contributed by atoms with Gasteiger partial charge in [0.2, 0.25) is 0 Å². The molecule has 1 aromatic heterocycles. The number of hydrogen-bond acceptors (Lipinski definition) is 5. The summed E-state index contributed by atoms with van der Waals surface area (Å²) in [7, 11) is 0. The first-order chi connectivity index (χ1) is 21.4. The van der Waals surface area contributed by atoms with Crippen molar-refractivity contribution in [1.82, 2.24) is 15.6 Å². The molecule has 0 radical (unpaired) electrons. The van der Waals surface area contributed by atoms with Crippen molar-refractivity contribution in [2.75, 3.05) is 4.90 Å². The van der Waals surface area contributed by atoms with E-state index >= 15 is 0 Å². The fourth-order valence-electron chi connectivity index (χ4n) is 6.11. The number of benzene rings is 4. The highest BCUT2D eigenvalue weighted by atomic mass is 16.5. The quantitative estimate of drug-likeness (QED) is 0.213. The van der Waals surface area contributed by atoms with Gasteiger partial charge in [-0.3, -0.25) is 14.7 Å². The van der Waals surface area contributed by atoms with Crippen LogP contribution >= 0.6 is 0 Å². The lowest BCUT2D eigenvalue weighted by molar-refractivity contribution is 0.0338. The van der Waals surface area contributed by atoms with E-state index in [0.29, 0.717) is 35.8 Å². The lowest BCUT2D eigenvalue weighted by Gasteiger charge is -2.50. The molecule has 8 nitrogen and oxygen atoms in total. The molecule has 3 unspecified atom stereocenters. The van der Waals surface area contributed by atoms with Gasteiger partial charge in [-0.2, -0.15) is 0 Å². The molecule has 8 heteroatoms. The standard InChI is InChI=1S/C36H32N4O4/c1-23(25-16-17-30-26(19-25)12-8-18-37-30)38-34(41)27-11-6-13-28(20-27)40-35(42)39-31-21-36(40,2)44-33-29(31)14-7-15-32(33)43-22-24-9-4-3-5-10-24/h3-20,23,31H,21-22H2,1-2H3,(H,38,41)(H,39,42). The van der Waals surface area contributed by atoms with Gasteiger partial charge in [-0.1, -0.05) is 60.7 Å². The largest absolute Gasteiger partial charge is 0.485 e. The van der Waals surface area contributed by atoms with Gasteiger partial charge in [0.1, 0.15) is 6.61 Å². The molecular formula is C36H32N4O4. The number of amides is 3. The number of anilines is 1. The Morgan fingerprint density at radius 3 is 2.75 bits per heavy atom. The minimum atomic E-state index is -1.01. The molecule has 7 rings (SSSR count). The van der Waals surface area contributed by atoms with Crippen molar-refractivity contribution in [2.45, 2.75) is 44.7 Å². The number of rotatable bonds is 7. The molecule has 2 N–H and O–H groups in total. The maximum Gasteiger partial charge on any atom is 0.325 e. The minimum absolute atomic E-state index is 0.236. The molecule has 2 aliphatic rings. The molecule has 4 aromatic carbocycles. The van der Waals surface area contributed by atoms with Gasteiger partial charge in [0.15, 0.2) is 17.2 Å². The number of urea groups is 1. The number of aromatic nitrogens is 1. The normalized spacial score (nSPS) is 19.4. The van der Waals surface area contributed by atoms with Crippen LogP contribution in [-0.4, -0.2) is 22.6 Å². The number of pyridine rings is 1. The third-order valence-electron chi connectivity index (χ3n) is 8.34. The highest BCUT2D eigenvalue weighted by Crippen LogP contribution is 2.49. The summed E-state index contributed by atoms with van der Waals surface area (Å²) in [6, 6.07) is 31.9. The van der Waals surface area contributed by atoms with Crippen LogP contribution in [0.3, 0.4) is 0 Å². The predicted molar refractivity (Wildman–Crippen MR) is 169 cm³/mol. The molecule has 5 aromatic rings. The lowest BCUT2D eigenvalue weighted by atomic mass is 9.89. The zero-order chi connectivity index (χ0) is 30.3. The van der Waals surface area contributed by atoms with Gasteiger partial charge in [-0.25, -0.2) is 4.79 Å². The first-order valence-corrected chi connectivity index (χ1v) is 14.7. The average Bonchev–Trinajstić information content (AvgIpc) is 3.04. The van der Waals surface area contributed by atoms with Gasteiger partial charge in [-0.05, 0) is 67.4 Å². The van der Waals surface area contributed by atoms with Gasteiger partial charge in [-0.15, -0.1) is 0 Å². The maximum atomic E-state index is 13.6. The first kappa shape index (κ1) is 27.5. The van der Waals surface area contributed by atoms with Crippen molar-refractivity contribution in [3.8, 4) is 11.5 Å². The monoisotopic (exact) mass is 584 g/mol. The van der Waals surface area contributed by atoms with Crippen LogP contribution in [0.4, 0.5) is 10.5 Å². The van der Waals surface area contributed by atoms with E-state index in [9.17, 15) is 9.59 Å². The van der Waals surface area contributed by atoms with Gasteiger partial charge in [0.25, 0.3) is 5.91 Å². The molecule has 1 saturated heterocycles. The molecule has 3 atom stereocenters. The van der Waals surface area contributed by atoms with Gasteiger partial charge in [0, 0.05) is 29.1 Å². The Kier molecular flexibility index (Phi) is 6.89. The molecule has 2 aliphatic heterocycles. The highest BCUT2D eigenvalue weighted by Gasteiger charge is 2.50. The van der Waals surface area contributed by atoms with E-state index in [1.807, 2.05) is 98.8 Å². The number of ether oxygens (including phenoxy) is 2. The van der Waals surface area contributed by atoms with Crippen LogP contribution in [-0.2, 0) is 6.61 Å². The molecule has 1 fully saturated rings. The first-order valence-electron chi connectivity index (χ1n) is 14.7. The topological polar surface area (TPSA) is 92.8 Å².